The lowest BCUT2D eigenvalue weighted by Crippen LogP contribution is -2.53. The van der Waals surface area contributed by atoms with Gasteiger partial charge < -0.3 is 19.7 Å². The number of rotatable bonds is 15. The molecule has 0 fully saturated rings. The van der Waals surface area contributed by atoms with Crippen LogP contribution < -0.4 is 19.1 Å². The van der Waals surface area contributed by atoms with E-state index >= 15 is 0 Å². The number of thioether (sulfide) groups is 1. The molecular formula is C35H39N3O6S2. The summed E-state index contributed by atoms with van der Waals surface area (Å²) < 4.78 is 41.0. The fourth-order valence-electron chi connectivity index (χ4n) is 5.02. The third-order valence-corrected chi connectivity index (χ3v) is 9.88. The van der Waals surface area contributed by atoms with Gasteiger partial charge in [0.05, 0.1) is 24.3 Å². The largest absolute Gasteiger partial charge is 0.497 e. The Kier molecular flexibility index (Phi) is 12.1. The molecule has 0 radical (unpaired) electrons. The van der Waals surface area contributed by atoms with E-state index in [2.05, 4.69) is 5.32 Å². The number of nitrogens with one attached hydrogen (secondary N) is 1. The number of anilines is 1. The zero-order valence-corrected chi connectivity index (χ0v) is 28.0. The van der Waals surface area contributed by atoms with Crippen LogP contribution in [0.15, 0.2) is 113 Å². The summed E-state index contributed by atoms with van der Waals surface area (Å²) in [6.07, 6.45) is 2.12. The quantitative estimate of drug-likeness (QED) is 0.170. The zero-order valence-electron chi connectivity index (χ0n) is 26.4. The summed E-state index contributed by atoms with van der Waals surface area (Å²) in [7, 11) is -1.20. The lowest BCUT2D eigenvalue weighted by Gasteiger charge is -2.34. The lowest BCUT2D eigenvalue weighted by atomic mass is 10.0. The molecule has 0 saturated heterocycles. The molecule has 0 saturated carbocycles. The first-order chi connectivity index (χ1) is 22.2. The second-order valence-electron chi connectivity index (χ2n) is 10.3. The lowest BCUT2D eigenvalue weighted by molar-refractivity contribution is -0.139. The number of benzene rings is 4. The maximum absolute atomic E-state index is 14.5. The van der Waals surface area contributed by atoms with Crippen LogP contribution in [0.1, 0.15) is 18.1 Å². The first-order valence-electron chi connectivity index (χ1n) is 14.8. The minimum absolute atomic E-state index is 0.0240. The Morgan fingerprint density at radius 2 is 1.57 bits per heavy atom. The summed E-state index contributed by atoms with van der Waals surface area (Å²) in [4.78, 5) is 30.4. The molecule has 0 spiro atoms. The Balaban J connectivity index is 1.83. The molecule has 0 aliphatic rings. The number of carbonyl (C=O) groups is 2. The summed E-state index contributed by atoms with van der Waals surface area (Å²) in [5.41, 5.74) is 1.78. The van der Waals surface area contributed by atoms with Crippen molar-refractivity contribution in [1.29, 1.82) is 0 Å². The van der Waals surface area contributed by atoms with Gasteiger partial charge in [-0.05, 0) is 72.8 Å². The maximum Gasteiger partial charge on any atom is 0.264 e. The van der Waals surface area contributed by atoms with E-state index in [4.69, 9.17) is 9.47 Å². The third kappa shape index (κ3) is 8.41. The van der Waals surface area contributed by atoms with Crippen molar-refractivity contribution < 1.29 is 27.5 Å². The van der Waals surface area contributed by atoms with Crippen molar-refractivity contribution in [2.75, 3.05) is 37.9 Å². The minimum Gasteiger partial charge on any atom is -0.497 e. The molecule has 1 N–H and O–H groups in total. The molecule has 0 aromatic heterocycles. The fourth-order valence-corrected chi connectivity index (χ4v) is 6.85. The molecule has 0 heterocycles. The van der Waals surface area contributed by atoms with Crippen LogP contribution in [0.5, 0.6) is 11.5 Å². The van der Waals surface area contributed by atoms with Gasteiger partial charge in [-0.15, -0.1) is 11.8 Å². The number of ether oxygens (including phenoxy) is 2. The molecule has 4 aromatic rings. The molecule has 9 nitrogen and oxygen atoms in total. The first-order valence-corrected chi connectivity index (χ1v) is 17.4. The number of likely N-dealkylation sites (N-methyl/N-ethyl adjacent to an activating group) is 1. The SMILES string of the molecule is CCOc1ccccc1N(CC(=O)N(Cc1cccc(OC)c1)[C@H](Cc1ccccc1)C(=O)NC)S(=O)(=O)c1ccc(SC)cc1. The number of hydrogen-bond donors (Lipinski definition) is 1. The number of carbonyl (C=O) groups excluding carboxylic acids is 2. The molecule has 4 rings (SSSR count). The normalized spacial score (nSPS) is 11.7. The summed E-state index contributed by atoms with van der Waals surface area (Å²) >= 11 is 1.49. The van der Waals surface area contributed by atoms with Gasteiger partial charge in [0, 0.05) is 24.9 Å². The molecule has 0 aliphatic carbocycles. The van der Waals surface area contributed by atoms with E-state index < -0.39 is 28.5 Å². The van der Waals surface area contributed by atoms with Gasteiger partial charge in [0.2, 0.25) is 11.8 Å². The number of methoxy groups -OCH3 is 1. The van der Waals surface area contributed by atoms with E-state index in [-0.39, 0.29) is 29.5 Å². The fraction of sp³-hybridized carbons (Fsp3) is 0.257. The van der Waals surface area contributed by atoms with E-state index in [0.717, 1.165) is 14.8 Å². The molecule has 242 valence electrons. The molecule has 1 atom stereocenters. The Hall–Kier alpha value is -4.48. The van der Waals surface area contributed by atoms with Crippen molar-refractivity contribution in [2.24, 2.45) is 0 Å². The Labute approximate surface area is 275 Å². The molecule has 11 heteroatoms. The van der Waals surface area contributed by atoms with Gasteiger partial charge in [0.25, 0.3) is 10.0 Å². The zero-order chi connectivity index (χ0) is 33.1. The number of para-hydroxylation sites is 2. The summed E-state index contributed by atoms with van der Waals surface area (Å²) in [5.74, 6) is -0.0404. The topological polar surface area (TPSA) is 105 Å². The van der Waals surface area contributed by atoms with Gasteiger partial charge >= 0.3 is 0 Å². The van der Waals surface area contributed by atoms with Gasteiger partial charge in [0.1, 0.15) is 24.1 Å². The van der Waals surface area contributed by atoms with E-state index in [1.165, 1.54) is 35.8 Å². The van der Waals surface area contributed by atoms with Crippen LogP contribution >= 0.6 is 11.8 Å². The van der Waals surface area contributed by atoms with Crippen LogP contribution in [0, 0.1) is 0 Å². The van der Waals surface area contributed by atoms with E-state index in [1.54, 1.807) is 68.6 Å². The van der Waals surface area contributed by atoms with Crippen molar-refractivity contribution in [3.05, 3.63) is 114 Å². The molecule has 46 heavy (non-hydrogen) atoms. The first kappa shape index (κ1) is 34.4. The van der Waals surface area contributed by atoms with Crippen LogP contribution in [-0.2, 0) is 32.6 Å². The molecule has 2 amide bonds. The summed E-state index contributed by atoms with van der Waals surface area (Å²) in [6, 6.07) is 28.9. The van der Waals surface area contributed by atoms with Gasteiger partial charge in [-0.25, -0.2) is 8.42 Å². The third-order valence-electron chi connectivity index (χ3n) is 7.36. The van der Waals surface area contributed by atoms with Gasteiger partial charge in [-0.2, -0.15) is 0 Å². The molecule has 0 bridgehead atoms. The van der Waals surface area contributed by atoms with Crippen molar-refractivity contribution in [3.8, 4) is 11.5 Å². The highest BCUT2D eigenvalue weighted by Gasteiger charge is 2.35. The number of amides is 2. The van der Waals surface area contributed by atoms with E-state index in [9.17, 15) is 18.0 Å². The number of hydrogen-bond acceptors (Lipinski definition) is 7. The monoisotopic (exact) mass is 661 g/mol. The maximum atomic E-state index is 14.5. The highest BCUT2D eigenvalue weighted by atomic mass is 32.2. The smallest absolute Gasteiger partial charge is 0.264 e. The Morgan fingerprint density at radius 1 is 0.891 bits per heavy atom. The van der Waals surface area contributed by atoms with Crippen molar-refractivity contribution >= 4 is 39.3 Å². The van der Waals surface area contributed by atoms with Crippen LogP contribution in [0.25, 0.3) is 0 Å². The summed E-state index contributed by atoms with van der Waals surface area (Å²) in [6.45, 7) is 1.54. The average molecular weight is 662 g/mol. The number of sulfonamides is 1. The van der Waals surface area contributed by atoms with Crippen LogP contribution in [0.2, 0.25) is 0 Å². The number of nitrogens with zero attached hydrogens (tertiary/aromatic N) is 2. The van der Waals surface area contributed by atoms with Crippen LogP contribution in [-0.4, -0.2) is 64.7 Å². The van der Waals surface area contributed by atoms with Gasteiger partial charge in [0.15, 0.2) is 0 Å². The summed E-state index contributed by atoms with van der Waals surface area (Å²) in [5, 5.41) is 2.70. The highest BCUT2D eigenvalue weighted by molar-refractivity contribution is 7.98. The van der Waals surface area contributed by atoms with Crippen molar-refractivity contribution in [1.82, 2.24) is 10.2 Å². The highest BCUT2D eigenvalue weighted by Crippen LogP contribution is 2.33. The van der Waals surface area contributed by atoms with Crippen molar-refractivity contribution in [3.63, 3.8) is 0 Å². The molecule has 4 aromatic carbocycles. The van der Waals surface area contributed by atoms with Crippen LogP contribution in [0.3, 0.4) is 0 Å². The standard InChI is InChI=1S/C35H39N3O6S2/c1-5-44-33-17-10-9-16-31(33)38(46(41,42)30-20-18-29(45-4)19-21-30)25-34(39)37(24-27-14-11-15-28(22-27)43-3)32(35(40)36-2)23-26-12-7-6-8-13-26/h6-22,32H,5,23-25H2,1-4H3,(H,36,40)/t32-/m1/s1. The van der Waals surface area contributed by atoms with E-state index in [1.807, 2.05) is 42.7 Å². The molecule has 0 aliphatic heterocycles. The van der Waals surface area contributed by atoms with Crippen LogP contribution in [0.4, 0.5) is 5.69 Å². The second kappa shape index (κ2) is 16.2. The molecule has 0 unspecified atom stereocenters. The Bertz CT molecular complexity index is 1720. The van der Waals surface area contributed by atoms with Crippen molar-refractivity contribution in [2.45, 2.75) is 35.7 Å². The second-order valence-corrected chi connectivity index (χ2v) is 13.0. The van der Waals surface area contributed by atoms with E-state index in [0.29, 0.717) is 23.7 Å². The minimum atomic E-state index is -4.27. The predicted molar refractivity (Wildman–Crippen MR) is 182 cm³/mol. The Morgan fingerprint density at radius 3 is 2.22 bits per heavy atom. The van der Waals surface area contributed by atoms with Gasteiger partial charge in [-0.1, -0.05) is 54.6 Å². The van der Waals surface area contributed by atoms with Gasteiger partial charge in [-0.3, -0.25) is 13.9 Å². The predicted octanol–water partition coefficient (Wildman–Crippen LogP) is 5.40. The molecular weight excluding hydrogens is 623 g/mol. The average Bonchev–Trinajstić information content (AvgIpc) is 3.09.